The van der Waals surface area contributed by atoms with Gasteiger partial charge in [0.1, 0.15) is 12.1 Å². The van der Waals surface area contributed by atoms with Crippen LogP contribution in [0.25, 0.3) is 0 Å². The highest BCUT2D eigenvalue weighted by Gasteiger charge is 2.55. The zero-order valence-corrected chi connectivity index (χ0v) is 12.2. The Morgan fingerprint density at radius 2 is 1.84 bits per heavy atom. The molecule has 2 unspecified atom stereocenters. The standard InChI is InChI=1S/C15H24N2O2/c1-10(2)12-14(19)16-9-4-6-11(16)13(18)17(12)15(3)7-5-8-15/h10-12H,4-9H2,1-3H3. The monoisotopic (exact) mass is 264 g/mol. The van der Waals surface area contributed by atoms with Crippen molar-refractivity contribution in [2.75, 3.05) is 6.54 Å². The van der Waals surface area contributed by atoms with Crippen LogP contribution in [0.15, 0.2) is 0 Å². The Hall–Kier alpha value is -1.06. The molecule has 0 aromatic carbocycles. The molecule has 2 heterocycles. The third-order valence-electron chi connectivity index (χ3n) is 5.23. The minimum absolute atomic E-state index is 0.0731. The van der Waals surface area contributed by atoms with Gasteiger partial charge in [-0.3, -0.25) is 9.59 Å². The summed E-state index contributed by atoms with van der Waals surface area (Å²) in [5.74, 6) is 0.582. The maximum Gasteiger partial charge on any atom is 0.246 e. The molecule has 3 aliphatic rings. The number of amides is 2. The van der Waals surface area contributed by atoms with Crippen molar-refractivity contribution in [1.82, 2.24) is 9.80 Å². The largest absolute Gasteiger partial charge is 0.329 e. The summed E-state index contributed by atoms with van der Waals surface area (Å²) >= 11 is 0. The van der Waals surface area contributed by atoms with E-state index in [0.29, 0.717) is 0 Å². The lowest BCUT2D eigenvalue weighted by atomic mass is 9.74. The highest BCUT2D eigenvalue weighted by molar-refractivity contribution is 5.98. The molecule has 0 aromatic rings. The number of hydrogen-bond acceptors (Lipinski definition) is 2. The average Bonchev–Trinajstić information content (AvgIpc) is 2.79. The summed E-state index contributed by atoms with van der Waals surface area (Å²) in [5, 5.41) is 0. The highest BCUT2D eigenvalue weighted by Crippen LogP contribution is 2.43. The van der Waals surface area contributed by atoms with Gasteiger partial charge in [-0.25, -0.2) is 0 Å². The van der Waals surface area contributed by atoms with Crippen molar-refractivity contribution in [2.45, 2.75) is 70.5 Å². The average molecular weight is 264 g/mol. The second-order valence-corrected chi connectivity index (χ2v) is 6.94. The van der Waals surface area contributed by atoms with Gasteiger partial charge < -0.3 is 9.80 Å². The Balaban J connectivity index is 1.98. The first-order valence-corrected chi connectivity index (χ1v) is 7.59. The van der Waals surface area contributed by atoms with E-state index in [1.165, 1.54) is 6.42 Å². The van der Waals surface area contributed by atoms with Crippen LogP contribution in [0.1, 0.15) is 52.9 Å². The van der Waals surface area contributed by atoms with Gasteiger partial charge in [0.15, 0.2) is 0 Å². The van der Waals surface area contributed by atoms with Gasteiger partial charge in [-0.1, -0.05) is 13.8 Å². The lowest BCUT2D eigenvalue weighted by molar-refractivity contribution is -0.173. The van der Waals surface area contributed by atoms with Crippen LogP contribution < -0.4 is 0 Å². The number of hydrogen-bond donors (Lipinski definition) is 0. The predicted octanol–water partition coefficient (Wildman–Crippen LogP) is 1.79. The summed E-state index contributed by atoms with van der Waals surface area (Å²) in [4.78, 5) is 29.4. The number of rotatable bonds is 2. The number of piperazine rings is 1. The van der Waals surface area contributed by atoms with Crippen LogP contribution in [0.5, 0.6) is 0 Å². The molecule has 0 N–H and O–H groups in total. The Morgan fingerprint density at radius 1 is 1.16 bits per heavy atom. The van der Waals surface area contributed by atoms with E-state index < -0.39 is 0 Å². The van der Waals surface area contributed by atoms with Crippen molar-refractivity contribution in [2.24, 2.45) is 5.92 Å². The fraction of sp³-hybridized carbons (Fsp3) is 0.867. The third kappa shape index (κ3) is 1.72. The third-order valence-corrected chi connectivity index (χ3v) is 5.23. The van der Waals surface area contributed by atoms with Gasteiger partial charge in [-0.2, -0.15) is 0 Å². The van der Waals surface area contributed by atoms with Crippen molar-refractivity contribution in [3.8, 4) is 0 Å². The van der Waals surface area contributed by atoms with Gasteiger partial charge in [-0.05, 0) is 44.9 Å². The maximum absolute atomic E-state index is 12.8. The Kier molecular flexibility index (Phi) is 2.88. The van der Waals surface area contributed by atoms with Crippen LogP contribution in [0.3, 0.4) is 0 Å². The molecule has 2 atom stereocenters. The van der Waals surface area contributed by atoms with E-state index in [0.717, 1.165) is 32.2 Å². The molecular formula is C15H24N2O2. The smallest absolute Gasteiger partial charge is 0.246 e. The SMILES string of the molecule is CC(C)C1C(=O)N2CCCC2C(=O)N1C1(C)CCC1. The summed E-state index contributed by atoms with van der Waals surface area (Å²) in [6, 6.07) is -0.410. The number of fused-ring (bicyclic) bond motifs is 1. The Bertz CT molecular complexity index is 414. The molecule has 0 spiro atoms. The van der Waals surface area contributed by atoms with E-state index in [2.05, 4.69) is 20.8 Å². The van der Waals surface area contributed by atoms with Crippen molar-refractivity contribution in [3.05, 3.63) is 0 Å². The van der Waals surface area contributed by atoms with Crippen LogP contribution >= 0.6 is 0 Å². The van der Waals surface area contributed by atoms with Crippen molar-refractivity contribution in [1.29, 1.82) is 0 Å². The zero-order valence-electron chi connectivity index (χ0n) is 12.2. The fourth-order valence-electron chi connectivity index (χ4n) is 3.98. The summed E-state index contributed by atoms with van der Waals surface area (Å²) in [6.45, 7) is 7.03. The summed E-state index contributed by atoms with van der Waals surface area (Å²) in [5.41, 5.74) is -0.0731. The second-order valence-electron chi connectivity index (χ2n) is 6.94. The Labute approximate surface area is 115 Å². The molecule has 0 bridgehead atoms. The lowest BCUT2D eigenvalue weighted by Gasteiger charge is -2.56. The van der Waals surface area contributed by atoms with Gasteiger partial charge in [0.2, 0.25) is 11.8 Å². The molecule has 2 saturated heterocycles. The first-order chi connectivity index (χ1) is 8.96. The maximum atomic E-state index is 12.8. The van der Waals surface area contributed by atoms with Gasteiger partial charge in [0.05, 0.1) is 0 Å². The molecule has 0 aromatic heterocycles. The fourth-order valence-corrected chi connectivity index (χ4v) is 3.98. The number of nitrogens with zero attached hydrogens (tertiary/aromatic N) is 2. The van der Waals surface area contributed by atoms with Gasteiger partial charge >= 0.3 is 0 Å². The molecule has 2 amide bonds. The molecule has 19 heavy (non-hydrogen) atoms. The van der Waals surface area contributed by atoms with Crippen molar-refractivity contribution < 1.29 is 9.59 Å². The molecule has 4 nitrogen and oxygen atoms in total. The summed E-state index contributed by atoms with van der Waals surface area (Å²) < 4.78 is 0. The van der Waals surface area contributed by atoms with Gasteiger partial charge in [0.25, 0.3) is 0 Å². The quantitative estimate of drug-likeness (QED) is 0.763. The minimum atomic E-state index is -0.243. The van der Waals surface area contributed by atoms with E-state index in [1.807, 2.05) is 9.80 Å². The molecule has 3 fully saturated rings. The van der Waals surface area contributed by atoms with Crippen molar-refractivity contribution >= 4 is 11.8 Å². The predicted molar refractivity (Wildman–Crippen MR) is 72.5 cm³/mol. The number of carbonyl (C=O) groups is 2. The van der Waals surface area contributed by atoms with Crippen molar-refractivity contribution in [3.63, 3.8) is 0 Å². The molecule has 0 radical (unpaired) electrons. The van der Waals surface area contributed by atoms with E-state index in [9.17, 15) is 9.59 Å². The van der Waals surface area contributed by atoms with E-state index in [1.54, 1.807) is 0 Å². The molecule has 2 aliphatic heterocycles. The second kappa shape index (κ2) is 4.22. The van der Waals surface area contributed by atoms with Crippen LogP contribution in [0, 0.1) is 5.92 Å². The van der Waals surface area contributed by atoms with Crippen LogP contribution in [-0.4, -0.2) is 45.8 Å². The molecule has 106 valence electrons. The molecule has 4 heteroatoms. The van der Waals surface area contributed by atoms with Crippen LogP contribution in [-0.2, 0) is 9.59 Å². The first-order valence-electron chi connectivity index (χ1n) is 7.59. The molecular weight excluding hydrogens is 240 g/mol. The molecule has 1 aliphatic carbocycles. The van der Waals surface area contributed by atoms with Crippen LogP contribution in [0.4, 0.5) is 0 Å². The summed E-state index contributed by atoms with van der Waals surface area (Å²) in [7, 11) is 0. The molecule has 1 saturated carbocycles. The van der Waals surface area contributed by atoms with Gasteiger partial charge in [-0.15, -0.1) is 0 Å². The van der Waals surface area contributed by atoms with E-state index in [-0.39, 0.29) is 35.4 Å². The highest BCUT2D eigenvalue weighted by atomic mass is 16.2. The van der Waals surface area contributed by atoms with Crippen LogP contribution in [0.2, 0.25) is 0 Å². The number of carbonyl (C=O) groups excluding carboxylic acids is 2. The normalized spacial score (nSPS) is 33.7. The van der Waals surface area contributed by atoms with E-state index in [4.69, 9.17) is 0 Å². The summed E-state index contributed by atoms with van der Waals surface area (Å²) in [6.07, 6.45) is 5.08. The topological polar surface area (TPSA) is 40.6 Å². The zero-order chi connectivity index (χ0) is 13.8. The molecule has 3 rings (SSSR count). The minimum Gasteiger partial charge on any atom is -0.329 e. The lowest BCUT2D eigenvalue weighted by Crippen LogP contribution is -2.71. The van der Waals surface area contributed by atoms with Gasteiger partial charge in [0, 0.05) is 12.1 Å². The Morgan fingerprint density at radius 3 is 2.37 bits per heavy atom. The first kappa shape index (κ1) is 12.9. The van der Waals surface area contributed by atoms with E-state index >= 15 is 0 Å².